The Kier molecular flexibility index (Phi) is 69.9. The topological polar surface area (TPSA) is 237 Å². The molecule has 6 atom stereocenters. The number of phosphoric ester groups is 2. The van der Waals surface area contributed by atoms with Gasteiger partial charge in [0.1, 0.15) is 19.3 Å². The van der Waals surface area contributed by atoms with Crippen molar-refractivity contribution in [3.63, 3.8) is 0 Å². The smallest absolute Gasteiger partial charge is 0.462 e. The molecule has 0 saturated carbocycles. The van der Waals surface area contributed by atoms with Gasteiger partial charge in [-0.15, -0.1) is 0 Å². The van der Waals surface area contributed by atoms with Crippen molar-refractivity contribution in [1.29, 1.82) is 0 Å². The quantitative estimate of drug-likeness (QED) is 0.0222. The van der Waals surface area contributed by atoms with Crippen molar-refractivity contribution in [2.24, 2.45) is 17.8 Å². The number of carbonyl (C=O) groups is 4. The van der Waals surface area contributed by atoms with Crippen LogP contribution in [0.25, 0.3) is 0 Å². The third kappa shape index (κ3) is 73.0. The van der Waals surface area contributed by atoms with Crippen molar-refractivity contribution in [3.05, 3.63) is 0 Å². The van der Waals surface area contributed by atoms with Crippen molar-refractivity contribution in [3.8, 4) is 0 Å². The van der Waals surface area contributed by atoms with Crippen LogP contribution in [0, 0.1) is 17.8 Å². The van der Waals surface area contributed by atoms with Gasteiger partial charge in [-0.25, -0.2) is 9.13 Å². The lowest BCUT2D eigenvalue weighted by Gasteiger charge is -2.21. The molecule has 0 amide bonds. The van der Waals surface area contributed by atoms with Gasteiger partial charge in [-0.2, -0.15) is 0 Å². The van der Waals surface area contributed by atoms with E-state index in [-0.39, 0.29) is 25.7 Å². The molecule has 0 fully saturated rings. The summed E-state index contributed by atoms with van der Waals surface area (Å²) in [6.07, 6.45) is 59.4. The van der Waals surface area contributed by atoms with Gasteiger partial charge in [0.2, 0.25) is 0 Å². The van der Waals surface area contributed by atoms with E-state index in [1.165, 1.54) is 231 Å². The Balaban J connectivity index is 5.28. The van der Waals surface area contributed by atoms with Crippen molar-refractivity contribution >= 4 is 39.5 Å². The number of esters is 4. The molecular formula is C81H158O17P2. The fraction of sp³-hybridized carbons (Fsp3) is 0.951. The minimum Gasteiger partial charge on any atom is -0.462 e. The van der Waals surface area contributed by atoms with E-state index >= 15 is 0 Å². The molecule has 594 valence electrons. The highest BCUT2D eigenvalue weighted by molar-refractivity contribution is 7.47. The van der Waals surface area contributed by atoms with Gasteiger partial charge < -0.3 is 33.8 Å². The summed E-state index contributed by atoms with van der Waals surface area (Å²) in [6, 6.07) is 0. The van der Waals surface area contributed by atoms with Gasteiger partial charge in [-0.1, -0.05) is 370 Å². The first kappa shape index (κ1) is 98.1. The number of rotatable bonds is 79. The summed E-state index contributed by atoms with van der Waals surface area (Å²) in [5.41, 5.74) is 0. The zero-order valence-electron chi connectivity index (χ0n) is 65.7. The summed E-state index contributed by atoms with van der Waals surface area (Å²) in [7, 11) is -9.92. The van der Waals surface area contributed by atoms with Crippen LogP contribution in [0.2, 0.25) is 0 Å². The standard InChI is InChI=1S/C81H158O17P2/c1-8-10-11-12-13-14-15-19-26-34-41-48-55-62-78(83)91-69-77(98-81(86)65-58-51-44-37-30-29-33-40-47-54-61-74(7)9-2)71-96-100(89,90)94-67-75(82)66-93-99(87,88)95-70-76(68-92-79(84)63-56-49-42-35-27-23-18-21-25-32-39-46-53-60-73(5)6)97-80(85)64-57-50-43-36-28-22-17-16-20-24-31-38-45-52-59-72(3)4/h72-77,82H,8-71H2,1-7H3,(H,87,88)(H,89,90)/t74?,75-,76-,77-/m1/s1. The lowest BCUT2D eigenvalue weighted by Crippen LogP contribution is -2.30. The summed E-state index contributed by atoms with van der Waals surface area (Å²) in [5, 5.41) is 10.6. The largest absolute Gasteiger partial charge is 0.472 e. The first-order chi connectivity index (χ1) is 48.3. The summed E-state index contributed by atoms with van der Waals surface area (Å²) in [6.45, 7) is 12.0. The van der Waals surface area contributed by atoms with E-state index in [1.54, 1.807) is 0 Å². The van der Waals surface area contributed by atoms with E-state index in [9.17, 15) is 43.2 Å². The molecule has 0 radical (unpaired) electrons. The van der Waals surface area contributed by atoms with Crippen molar-refractivity contribution in [2.75, 3.05) is 39.6 Å². The van der Waals surface area contributed by atoms with Crippen LogP contribution >= 0.6 is 15.6 Å². The molecule has 0 rings (SSSR count). The van der Waals surface area contributed by atoms with Gasteiger partial charge in [0.05, 0.1) is 26.4 Å². The highest BCUT2D eigenvalue weighted by Crippen LogP contribution is 2.45. The Morgan fingerprint density at radius 3 is 0.760 bits per heavy atom. The molecule has 0 bridgehead atoms. The summed E-state index contributed by atoms with van der Waals surface area (Å²) in [4.78, 5) is 73.1. The number of hydrogen-bond acceptors (Lipinski definition) is 15. The van der Waals surface area contributed by atoms with Gasteiger partial charge in [-0.05, 0) is 43.4 Å². The Morgan fingerprint density at radius 2 is 0.510 bits per heavy atom. The van der Waals surface area contributed by atoms with E-state index in [2.05, 4.69) is 48.5 Å². The molecule has 0 aromatic heterocycles. The second-order valence-corrected chi connectivity index (χ2v) is 33.3. The predicted octanol–water partition coefficient (Wildman–Crippen LogP) is 24.1. The van der Waals surface area contributed by atoms with Crippen molar-refractivity contribution < 1.29 is 80.2 Å². The Bertz CT molecular complexity index is 1940. The zero-order chi connectivity index (χ0) is 73.7. The molecule has 0 spiro atoms. The van der Waals surface area contributed by atoms with Crippen LogP contribution in [0.5, 0.6) is 0 Å². The van der Waals surface area contributed by atoms with Crippen molar-refractivity contribution in [2.45, 2.75) is 439 Å². The minimum atomic E-state index is -4.96. The molecular weight excluding hydrogens is 1310 g/mol. The number of aliphatic hydroxyl groups is 1. The number of phosphoric acid groups is 2. The Labute approximate surface area is 613 Å². The number of aliphatic hydroxyl groups excluding tert-OH is 1. The maximum atomic E-state index is 13.1. The summed E-state index contributed by atoms with van der Waals surface area (Å²) >= 11 is 0. The molecule has 0 aliphatic heterocycles. The highest BCUT2D eigenvalue weighted by Gasteiger charge is 2.30. The monoisotopic (exact) mass is 1470 g/mol. The van der Waals surface area contributed by atoms with Crippen LogP contribution in [-0.2, 0) is 65.4 Å². The Hall–Kier alpha value is -1.94. The normalized spacial score (nSPS) is 14.2. The first-order valence-electron chi connectivity index (χ1n) is 41.9. The second kappa shape index (κ2) is 71.3. The van der Waals surface area contributed by atoms with Gasteiger partial charge in [0.25, 0.3) is 0 Å². The molecule has 100 heavy (non-hydrogen) atoms. The van der Waals surface area contributed by atoms with E-state index in [1.807, 2.05) is 0 Å². The third-order valence-corrected chi connectivity index (χ3v) is 21.1. The Morgan fingerprint density at radius 1 is 0.290 bits per heavy atom. The summed E-state index contributed by atoms with van der Waals surface area (Å²) in [5.74, 6) is 0.281. The summed E-state index contributed by atoms with van der Waals surface area (Å²) < 4.78 is 68.8. The number of unbranched alkanes of at least 4 members (excludes halogenated alkanes) is 46. The van der Waals surface area contributed by atoms with Crippen LogP contribution in [0.3, 0.4) is 0 Å². The minimum absolute atomic E-state index is 0.107. The van der Waals surface area contributed by atoms with Crippen LogP contribution < -0.4 is 0 Å². The SMILES string of the molecule is CCCCCCCCCCCCCCCC(=O)OC[C@H](COP(=O)(O)OC[C@H](O)COP(=O)(O)OC[C@@H](COC(=O)CCCCCCCCCCCCCCCC(C)C)OC(=O)CCCCCCCCCCCCCCCCC(C)C)OC(=O)CCCCCCCCCCCCC(C)CC. The van der Waals surface area contributed by atoms with Crippen LogP contribution in [0.15, 0.2) is 0 Å². The predicted molar refractivity (Wildman–Crippen MR) is 409 cm³/mol. The molecule has 0 aromatic carbocycles. The molecule has 0 saturated heterocycles. The van der Waals surface area contributed by atoms with Crippen LogP contribution in [-0.4, -0.2) is 96.7 Å². The van der Waals surface area contributed by atoms with E-state index in [0.717, 1.165) is 108 Å². The third-order valence-electron chi connectivity index (χ3n) is 19.2. The maximum absolute atomic E-state index is 13.1. The molecule has 0 aliphatic carbocycles. The molecule has 3 unspecified atom stereocenters. The zero-order valence-corrected chi connectivity index (χ0v) is 67.5. The molecule has 19 heteroatoms. The van der Waals surface area contributed by atoms with Crippen molar-refractivity contribution in [1.82, 2.24) is 0 Å². The highest BCUT2D eigenvalue weighted by atomic mass is 31.2. The first-order valence-corrected chi connectivity index (χ1v) is 44.9. The second-order valence-electron chi connectivity index (χ2n) is 30.4. The average Bonchev–Trinajstić information content (AvgIpc) is 0.925. The van der Waals surface area contributed by atoms with Gasteiger partial charge in [-0.3, -0.25) is 37.3 Å². The van der Waals surface area contributed by atoms with E-state index < -0.39 is 97.5 Å². The molecule has 0 aliphatic rings. The van der Waals surface area contributed by atoms with E-state index in [4.69, 9.17) is 37.0 Å². The van der Waals surface area contributed by atoms with Crippen LogP contribution in [0.4, 0.5) is 0 Å². The lowest BCUT2D eigenvalue weighted by molar-refractivity contribution is -0.161. The number of hydrogen-bond donors (Lipinski definition) is 3. The maximum Gasteiger partial charge on any atom is 0.472 e. The van der Waals surface area contributed by atoms with Crippen LogP contribution in [0.1, 0.15) is 421 Å². The number of ether oxygens (including phenoxy) is 4. The van der Waals surface area contributed by atoms with Gasteiger partial charge in [0.15, 0.2) is 12.2 Å². The molecule has 0 aromatic rings. The fourth-order valence-corrected chi connectivity index (χ4v) is 14.0. The molecule has 17 nitrogen and oxygen atoms in total. The van der Waals surface area contributed by atoms with Gasteiger partial charge in [0, 0.05) is 25.7 Å². The number of carbonyl (C=O) groups excluding carboxylic acids is 4. The lowest BCUT2D eigenvalue weighted by atomic mass is 9.99. The molecule has 0 heterocycles. The van der Waals surface area contributed by atoms with E-state index in [0.29, 0.717) is 25.7 Å². The van der Waals surface area contributed by atoms with Gasteiger partial charge >= 0.3 is 39.5 Å². The fourth-order valence-electron chi connectivity index (χ4n) is 12.5. The molecule has 3 N–H and O–H groups in total. The average molecular weight is 1470 g/mol.